The summed E-state index contributed by atoms with van der Waals surface area (Å²) in [5, 5.41) is 6.88. The summed E-state index contributed by atoms with van der Waals surface area (Å²) in [7, 11) is 0. The highest BCUT2D eigenvalue weighted by Crippen LogP contribution is 2.24. The van der Waals surface area contributed by atoms with Crippen LogP contribution in [-0.2, 0) is 13.1 Å². The maximum Gasteiger partial charge on any atom is 0.224 e. The van der Waals surface area contributed by atoms with Crippen molar-refractivity contribution < 1.29 is 0 Å². The normalized spacial score (nSPS) is 15.2. The van der Waals surface area contributed by atoms with Crippen molar-refractivity contribution in [2.24, 2.45) is 0 Å². The van der Waals surface area contributed by atoms with E-state index in [2.05, 4.69) is 76.7 Å². The molecule has 1 aliphatic rings. The number of piperidine rings is 1. The van der Waals surface area contributed by atoms with Gasteiger partial charge in [0, 0.05) is 50.8 Å². The number of hydrogen-bond acceptors (Lipinski definition) is 6. The van der Waals surface area contributed by atoms with Crippen LogP contribution >= 0.6 is 15.9 Å². The van der Waals surface area contributed by atoms with E-state index < -0.39 is 0 Å². The second kappa shape index (κ2) is 9.80. The van der Waals surface area contributed by atoms with E-state index in [-0.39, 0.29) is 0 Å². The first-order valence-electron chi connectivity index (χ1n) is 9.94. The highest BCUT2D eigenvalue weighted by Gasteiger charge is 2.20. The number of pyridine rings is 1. The predicted octanol–water partition coefficient (Wildman–Crippen LogP) is 4.32. The molecule has 0 amide bonds. The number of nitrogens with zero attached hydrogens (tertiary/aromatic N) is 4. The summed E-state index contributed by atoms with van der Waals surface area (Å²) in [6.45, 7) is 3.86. The fraction of sp³-hybridized carbons (Fsp3) is 0.318. The third kappa shape index (κ3) is 5.74. The highest BCUT2D eigenvalue weighted by atomic mass is 79.9. The van der Waals surface area contributed by atoms with Crippen molar-refractivity contribution in [3.05, 3.63) is 76.7 Å². The Bertz CT molecular complexity index is 898. The molecule has 2 N–H and O–H groups in total. The molecule has 7 heteroatoms. The van der Waals surface area contributed by atoms with Gasteiger partial charge >= 0.3 is 0 Å². The minimum absolute atomic E-state index is 0.418. The summed E-state index contributed by atoms with van der Waals surface area (Å²) < 4.78 is 0.888. The molecule has 0 spiro atoms. The van der Waals surface area contributed by atoms with Crippen LogP contribution in [0.4, 0.5) is 11.8 Å². The van der Waals surface area contributed by atoms with Gasteiger partial charge < -0.3 is 10.6 Å². The lowest BCUT2D eigenvalue weighted by Gasteiger charge is -2.32. The quantitative estimate of drug-likeness (QED) is 0.556. The molecule has 0 atom stereocenters. The summed E-state index contributed by atoms with van der Waals surface area (Å²) in [5.41, 5.74) is 2.52. The molecule has 3 heterocycles. The van der Waals surface area contributed by atoms with Crippen LogP contribution in [0.5, 0.6) is 0 Å². The number of likely N-dealkylation sites (tertiary alicyclic amines) is 1. The molecular formula is C22H25BrN6. The minimum Gasteiger partial charge on any atom is -0.366 e. The van der Waals surface area contributed by atoms with Gasteiger partial charge in [-0.25, -0.2) is 4.98 Å². The standard InChI is InChI=1S/C22H25BrN6/c23-20-15-26-22(25-14-17-6-10-24-11-7-17)28-21(20)27-19-8-12-29(13-9-19)16-18-4-2-1-3-5-18/h1-7,10-11,15,19H,8-9,12-14,16H2,(H2,25,26,27,28). The van der Waals surface area contributed by atoms with Gasteiger partial charge in [0.1, 0.15) is 5.82 Å². The molecule has 3 aromatic rings. The summed E-state index contributed by atoms with van der Waals surface area (Å²) >= 11 is 3.58. The number of halogens is 1. The number of hydrogen-bond donors (Lipinski definition) is 2. The smallest absolute Gasteiger partial charge is 0.224 e. The molecule has 2 aromatic heterocycles. The number of rotatable bonds is 7. The van der Waals surface area contributed by atoms with Gasteiger partial charge in [0.05, 0.1) is 4.47 Å². The summed E-state index contributed by atoms with van der Waals surface area (Å²) in [5.74, 6) is 1.47. The van der Waals surface area contributed by atoms with Crippen molar-refractivity contribution in [1.29, 1.82) is 0 Å². The molecule has 0 aliphatic carbocycles. The van der Waals surface area contributed by atoms with Crippen LogP contribution in [0.1, 0.15) is 24.0 Å². The molecular weight excluding hydrogens is 428 g/mol. The van der Waals surface area contributed by atoms with Gasteiger partial charge in [0.2, 0.25) is 5.95 Å². The largest absolute Gasteiger partial charge is 0.366 e. The van der Waals surface area contributed by atoms with Crippen LogP contribution in [0.25, 0.3) is 0 Å². The molecule has 0 radical (unpaired) electrons. The highest BCUT2D eigenvalue weighted by molar-refractivity contribution is 9.10. The average molecular weight is 453 g/mol. The van der Waals surface area contributed by atoms with Crippen LogP contribution in [0.3, 0.4) is 0 Å². The van der Waals surface area contributed by atoms with Gasteiger partial charge in [0.25, 0.3) is 0 Å². The third-order valence-electron chi connectivity index (χ3n) is 5.12. The van der Waals surface area contributed by atoms with Crippen molar-refractivity contribution in [3.8, 4) is 0 Å². The van der Waals surface area contributed by atoms with E-state index in [0.29, 0.717) is 18.5 Å². The van der Waals surface area contributed by atoms with E-state index >= 15 is 0 Å². The first-order chi connectivity index (χ1) is 14.3. The molecule has 0 unspecified atom stereocenters. The Labute approximate surface area is 179 Å². The van der Waals surface area contributed by atoms with E-state index in [4.69, 9.17) is 0 Å². The van der Waals surface area contributed by atoms with Gasteiger partial charge in [-0.3, -0.25) is 9.88 Å². The molecule has 150 valence electrons. The second-order valence-electron chi connectivity index (χ2n) is 7.28. The van der Waals surface area contributed by atoms with Gasteiger partial charge in [-0.05, 0) is 52.0 Å². The zero-order valence-corrected chi connectivity index (χ0v) is 17.8. The molecule has 1 fully saturated rings. The molecule has 29 heavy (non-hydrogen) atoms. The molecule has 4 rings (SSSR count). The van der Waals surface area contributed by atoms with Crippen molar-refractivity contribution in [3.63, 3.8) is 0 Å². The first kappa shape index (κ1) is 19.8. The Hall–Kier alpha value is -2.51. The van der Waals surface area contributed by atoms with E-state index in [1.807, 2.05) is 12.1 Å². The van der Waals surface area contributed by atoms with E-state index in [1.54, 1.807) is 18.6 Å². The monoisotopic (exact) mass is 452 g/mol. The summed E-state index contributed by atoms with van der Waals surface area (Å²) in [6.07, 6.45) is 7.58. The average Bonchev–Trinajstić information content (AvgIpc) is 2.77. The lowest BCUT2D eigenvalue weighted by atomic mass is 10.0. The number of aromatic nitrogens is 3. The predicted molar refractivity (Wildman–Crippen MR) is 120 cm³/mol. The Morgan fingerprint density at radius 1 is 1.00 bits per heavy atom. The summed E-state index contributed by atoms with van der Waals surface area (Å²) in [6, 6.07) is 15.1. The van der Waals surface area contributed by atoms with E-state index in [9.17, 15) is 0 Å². The number of benzene rings is 1. The second-order valence-corrected chi connectivity index (χ2v) is 8.13. The molecule has 1 saturated heterocycles. The van der Waals surface area contributed by atoms with E-state index in [0.717, 1.165) is 48.3 Å². The fourth-order valence-corrected chi connectivity index (χ4v) is 3.81. The van der Waals surface area contributed by atoms with Crippen molar-refractivity contribution in [2.45, 2.75) is 32.0 Å². The number of nitrogens with one attached hydrogen (secondary N) is 2. The Balaban J connectivity index is 1.30. The molecule has 1 aliphatic heterocycles. The zero-order valence-electron chi connectivity index (χ0n) is 16.3. The van der Waals surface area contributed by atoms with Gasteiger partial charge in [-0.15, -0.1) is 0 Å². The Kier molecular flexibility index (Phi) is 6.69. The van der Waals surface area contributed by atoms with Crippen LogP contribution in [0.15, 0.2) is 65.5 Å². The van der Waals surface area contributed by atoms with Gasteiger partial charge in [-0.1, -0.05) is 30.3 Å². The van der Waals surface area contributed by atoms with Crippen LogP contribution in [0, 0.1) is 0 Å². The SMILES string of the molecule is Brc1cnc(NCc2ccncc2)nc1NC1CCN(Cc2ccccc2)CC1. The topological polar surface area (TPSA) is 66.0 Å². The number of anilines is 2. The maximum absolute atomic E-state index is 4.66. The lowest BCUT2D eigenvalue weighted by molar-refractivity contribution is 0.211. The van der Waals surface area contributed by atoms with Crippen LogP contribution in [0.2, 0.25) is 0 Å². The fourth-order valence-electron chi connectivity index (χ4n) is 3.51. The Morgan fingerprint density at radius 3 is 2.52 bits per heavy atom. The molecule has 6 nitrogen and oxygen atoms in total. The van der Waals surface area contributed by atoms with Gasteiger partial charge in [0.15, 0.2) is 0 Å². The van der Waals surface area contributed by atoms with Crippen molar-refractivity contribution in [1.82, 2.24) is 19.9 Å². The maximum atomic E-state index is 4.66. The van der Waals surface area contributed by atoms with Crippen molar-refractivity contribution >= 4 is 27.7 Å². The van der Waals surface area contributed by atoms with Crippen LogP contribution < -0.4 is 10.6 Å². The summed E-state index contributed by atoms with van der Waals surface area (Å²) in [4.78, 5) is 15.6. The van der Waals surface area contributed by atoms with Crippen LogP contribution in [-0.4, -0.2) is 39.0 Å². The van der Waals surface area contributed by atoms with Crippen molar-refractivity contribution in [2.75, 3.05) is 23.7 Å². The van der Waals surface area contributed by atoms with Gasteiger partial charge in [-0.2, -0.15) is 4.98 Å². The molecule has 0 bridgehead atoms. The molecule has 1 aromatic carbocycles. The third-order valence-corrected chi connectivity index (χ3v) is 5.70. The minimum atomic E-state index is 0.418. The Morgan fingerprint density at radius 2 is 1.76 bits per heavy atom. The zero-order chi connectivity index (χ0) is 19.9. The lowest BCUT2D eigenvalue weighted by Crippen LogP contribution is -2.38. The first-order valence-corrected chi connectivity index (χ1v) is 10.7. The molecule has 0 saturated carbocycles. The van der Waals surface area contributed by atoms with E-state index in [1.165, 1.54) is 5.56 Å².